The summed E-state index contributed by atoms with van der Waals surface area (Å²) in [6, 6.07) is 5.32. The van der Waals surface area contributed by atoms with E-state index in [4.69, 9.17) is 20.9 Å². The Hall–Kier alpha value is -4.14. The first kappa shape index (κ1) is 27.7. The Morgan fingerprint density at radius 1 is 1.23 bits per heavy atom. The number of terminal acetylenes is 1. The van der Waals surface area contributed by atoms with Crippen LogP contribution in [0.4, 0.5) is 19.0 Å². The predicted molar refractivity (Wildman–Crippen MR) is 156 cm³/mol. The van der Waals surface area contributed by atoms with Crippen molar-refractivity contribution in [3.8, 4) is 35.4 Å². The molecule has 43 heavy (non-hydrogen) atoms. The van der Waals surface area contributed by atoms with Crippen LogP contribution >= 0.6 is 0 Å². The first-order chi connectivity index (χ1) is 20.8. The number of hydrogen-bond donors (Lipinski definition) is 1. The summed E-state index contributed by atoms with van der Waals surface area (Å²) in [6.07, 6.45) is 8.32. The van der Waals surface area contributed by atoms with Gasteiger partial charge in [0, 0.05) is 36.7 Å². The van der Waals surface area contributed by atoms with Crippen LogP contribution in [-0.2, 0) is 4.74 Å². The van der Waals surface area contributed by atoms with E-state index in [-0.39, 0.29) is 52.1 Å². The number of phenols is 1. The molecule has 0 aliphatic carbocycles. The van der Waals surface area contributed by atoms with Gasteiger partial charge in [0.2, 0.25) is 0 Å². The molecule has 7 rings (SSSR count). The minimum Gasteiger partial charge on any atom is -0.508 e. The minimum absolute atomic E-state index is 0.0306. The fourth-order valence-corrected chi connectivity index (χ4v) is 6.94. The standard InChI is InChI=1S/C32H30F3N5O3/c1-3-22-25(34)6-5-19-11-21(41)12-23(26(19)22)28-27(35)29-24(14-36-28)30(40-9-10-42-16-18(40)2)38-31(37-29)43-17-32-7-4-8-39(32)15-20(33)13-32/h1,5-6,11-12,14,18,20,41H,4,7-10,13,15-17H2,2H3. The molecule has 222 valence electrons. The largest absolute Gasteiger partial charge is 0.508 e. The van der Waals surface area contributed by atoms with Crippen molar-refractivity contribution in [2.24, 2.45) is 0 Å². The van der Waals surface area contributed by atoms with Gasteiger partial charge in [-0.3, -0.25) is 9.88 Å². The number of nitrogens with zero attached hydrogens (tertiary/aromatic N) is 5. The Labute approximate surface area is 246 Å². The van der Waals surface area contributed by atoms with Crippen molar-refractivity contribution in [1.29, 1.82) is 0 Å². The summed E-state index contributed by atoms with van der Waals surface area (Å²) in [5.74, 6) is 1.20. The molecular formula is C32H30F3N5O3. The maximum absolute atomic E-state index is 16.6. The molecule has 11 heteroatoms. The summed E-state index contributed by atoms with van der Waals surface area (Å²) in [6.45, 7) is 4.78. The molecule has 2 aromatic carbocycles. The fraction of sp³-hybridized carbons (Fsp3) is 0.406. The van der Waals surface area contributed by atoms with E-state index in [2.05, 4.69) is 20.8 Å². The van der Waals surface area contributed by atoms with E-state index in [0.29, 0.717) is 49.3 Å². The fourth-order valence-electron chi connectivity index (χ4n) is 6.94. The smallest absolute Gasteiger partial charge is 0.319 e. The van der Waals surface area contributed by atoms with Crippen LogP contribution in [-0.4, -0.2) is 82.2 Å². The van der Waals surface area contributed by atoms with Crippen LogP contribution in [0.25, 0.3) is 32.9 Å². The number of pyridine rings is 1. The SMILES string of the molecule is C#Cc1c(F)ccc2cc(O)cc(-c3ncc4c(N5CCOCC5C)nc(OCC56CCCN5CC(F)C6)nc4c3F)c12. The van der Waals surface area contributed by atoms with Crippen molar-refractivity contribution in [2.75, 3.05) is 44.4 Å². The molecule has 8 nitrogen and oxygen atoms in total. The summed E-state index contributed by atoms with van der Waals surface area (Å²) in [7, 11) is 0. The molecule has 3 fully saturated rings. The zero-order valence-electron chi connectivity index (χ0n) is 23.6. The van der Waals surface area contributed by atoms with Crippen LogP contribution in [0.3, 0.4) is 0 Å². The van der Waals surface area contributed by atoms with Gasteiger partial charge in [0.25, 0.3) is 0 Å². The monoisotopic (exact) mass is 589 g/mol. The Kier molecular flexibility index (Phi) is 6.78. The maximum atomic E-state index is 16.6. The summed E-state index contributed by atoms with van der Waals surface area (Å²) in [5.41, 5.74) is -0.578. The molecule has 0 amide bonds. The van der Waals surface area contributed by atoms with Gasteiger partial charge in [0.05, 0.1) is 35.7 Å². The van der Waals surface area contributed by atoms with Crippen LogP contribution in [0.15, 0.2) is 30.5 Å². The van der Waals surface area contributed by atoms with Gasteiger partial charge in [-0.2, -0.15) is 9.97 Å². The highest BCUT2D eigenvalue weighted by Gasteiger charge is 2.49. The summed E-state index contributed by atoms with van der Waals surface area (Å²) < 4.78 is 57.6. The third-order valence-corrected chi connectivity index (χ3v) is 8.97. The average molecular weight is 590 g/mol. The summed E-state index contributed by atoms with van der Waals surface area (Å²) in [5, 5.41) is 11.5. The van der Waals surface area contributed by atoms with Crippen molar-refractivity contribution in [3.05, 3.63) is 47.7 Å². The number of anilines is 1. The Morgan fingerprint density at radius 2 is 2.09 bits per heavy atom. The average Bonchev–Trinajstić information content (AvgIpc) is 3.52. The number of fused-ring (bicyclic) bond motifs is 3. The van der Waals surface area contributed by atoms with E-state index in [1.54, 1.807) is 0 Å². The van der Waals surface area contributed by atoms with Gasteiger partial charge < -0.3 is 19.5 Å². The van der Waals surface area contributed by atoms with Gasteiger partial charge in [-0.1, -0.05) is 12.0 Å². The predicted octanol–water partition coefficient (Wildman–Crippen LogP) is 4.99. The van der Waals surface area contributed by atoms with Crippen LogP contribution in [0.1, 0.15) is 31.7 Å². The Morgan fingerprint density at radius 3 is 2.91 bits per heavy atom. The highest BCUT2D eigenvalue weighted by atomic mass is 19.1. The zero-order valence-corrected chi connectivity index (χ0v) is 23.6. The van der Waals surface area contributed by atoms with Crippen LogP contribution < -0.4 is 9.64 Å². The molecule has 2 aromatic heterocycles. The molecule has 0 spiro atoms. The van der Waals surface area contributed by atoms with Gasteiger partial charge in [-0.15, -0.1) is 6.42 Å². The molecule has 3 aliphatic rings. The zero-order chi connectivity index (χ0) is 29.9. The number of rotatable bonds is 5. The normalized spacial score (nSPS) is 24.0. The number of halogens is 3. The lowest BCUT2D eigenvalue weighted by Gasteiger charge is -2.35. The second-order valence-corrected chi connectivity index (χ2v) is 11.7. The van der Waals surface area contributed by atoms with Gasteiger partial charge in [0.15, 0.2) is 5.82 Å². The van der Waals surface area contributed by atoms with E-state index in [1.807, 2.05) is 11.8 Å². The Bertz CT molecular complexity index is 1800. The minimum atomic E-state index is -0.924. The maximum Gasteiger partial charge on any atom is 0.319 e. The topological polar surface area (TPSA) is 83.8 Å². The summed E-state index contributed by atoms with van der Waals surface area (Å²) in [4.78, 5) is 17.8. The molecule has 0 bridgehead atoms. The first-order valence-corrected chi connectivity index (χ1v) is 14.4. The number of benzene rings is 2. The van der Waals surface area contributed by atoms with Crippen molar-refractivity contribution in [1.82, 2.24) is 19.9 Å². The number of phenolic OH excluding ortho intramolecular Hbond substituents is 1. The van der Waals surface area contributed by atoms with Gasteiger partial charge in [-0.05, 0) is 49.9 Å². The van der Waals surface area contributed by atoms with E-state index in [0.717, 1.165) is 19.4 Å². The van der Waals surface area contributed by atoms with Crippen molar-refractivity contribution >= 4 is 27.5 Å². The molecule has 0 radical (unpaired) electrons. The first-order valence-electron chi connectivity index (χ1n) is 14.4. The molecule has 3 atom stereocenters. The molecule has 4 aromatic rings. The van der Waals surface area contributed by atoms with Gasteiger partial charge in [-0.25, -0.2) is 13.2 Å². The number of aromatic hydroxyl groups is 1. The molecule has 1 N–H and O–H groups in total. The molecule has 3 saturated heterocycles. The van der Waals surface area contributed by atoms with Gasteiger partial charge >= 0.3 is 6.01 Å². The van der Waals surface area contributed by atoms with Gasteiger partial charge in [0.1, 0.15) is 41.4 Å². The highest BCUT2D eigenvalue weighted by Crippen LogP contribution is 2.42. The lowest BCUT2D eigenvalue weighted by atomic mass is 9.95. The number of morpholine rings is 1. The van der Waals surface area contributed by atoms with Crippen LogP contribution in [0.2, 0.25) is 0 Å². The number of ether oxygens (including phenoxy) is 2. The lowest BCUT2D eigenvalue weighted by molar-refractivity contribution is 0.0978. The van der Waals surface area contributed by atoms with Crippen molar-refractivity contribution < 1.29 is 27.8 Å². The number of hydrogen-bond acceptors (Lipinski definition) is 8. The second-order valence-electron chi connectivity index (χ2n) is 11.7. The van der Waals surface area contributed by atoms with E-state index in [1.165, 1.54) is 30.5 Å². The van der Waals surface area contributed by atoms with E-state index < -0.39 is 23.3 Å². The van der Waals surface area contributed by atoms with Crippen molar-refractivity contribution in [2.45, 2.75) is 43.9 Å². The summed E-state index contributed by atoms with van der Waals surface area (Å²) >= 11 is 0. The number of aromatic nitrogens is 3. The molecular weight excluding hydrogens is 559 g/mol. The Balaban J connectivity index is 1.39. The third-order valence-electron chi connectivity index (χ3n) is 8.97. The quantitative estimate of drug-likeness (QED) is 0.326. The third kappa shape index (κ3) is 4.60. The molecule has 0 saturated carbocycles. The van der Waals surface area contributed by atoms with E-state index in [9.17, 15) is 13.9 Å². The second kappa shape index (κ2) is 10.5. The molecule has 3 unspecified atom stereocenters. The number of alkyl halides is 1. The molecule has 3 aliphatic heterocycles. The van der Waals surface area contributed by atoms with Crippen molar-refractivity contribution in [3.63, 3.8) is 0 Å². The molecule has 5 heterocycles. The van der Waals surface area contributed by atoms with Crippen LogP contribution in [0, 0.1) is 24.0 Å². The van der Waals surface area contributed by atoms with E-state index >= 15 is 4.39 Å². The van der Waals surface area contributed by atoms with Crippen LogP contribution in [0.5, 0.6) is 11.8 Å². The lowest BCUT2D eigenvalue weighted by Crippen LogP contribution is -2.44. The highest BCUT2D eigenvalue weighted by molar-refractivity contribution is 6.03.